The Labute approximate surface area is 207 Å². The fourth-order valence-electron chi connectivity index (χ4n) is 5.07. The van der Waals surface area contributed by atoms with Gasteiger partial charge in [-0.2, -0.15) is 0 Å². The minimum absolute atomic E-state index is 0.0627. The van der Waals surface area contributed by atoms with Crippen LogP contribution in [0, 0.1) is 0 Å². The van der Waals surface area contributed by atoms with Gasteiger partial charge in [0.1, 0.15) is 5.75 Å². The summed E-state index contributed by atoms with van der Waals surface area (Å²) in [6.07, 6.45) is 2.80. The maximum atomic E-state index is 12.9. The van der Waals surface area contributed by atoms with Crippen LogP contribution in [0.3, 0.4) is 0 Å². The fraction of sp³-hybridized carbons (Fsp3) is 0.577. The molecule has 3 aliphatic rings. The zero-order valence-electron chi connectivity index (χ0n) is 20.6. The van der Waals surface area contributed by atoms with Crippen LogP contribution < -0.4 is 14.5 Å². The summed E-state index contributed by atoms with van der Waals surface area (Å²) in [6, 6.07) is 11.5. The van der Waals surface area contributed by atoms with Crippen molar-refractivity contribution in [3.63, 3.8) is 0 Å². The second-order valence-corrected chi connectivity index (χ2v) is 9.41. The van der Waals surface area contributed by atoms with E-state index in [0.29, 0.717) is 31.4 Å². The topological polar surface area (TPSA) is 74.3 Å². The number of hydrogen-bond acceptors (Lipinski definition) is 8. The van der Waals surface area contributed by atoms with E-state index in [2.05, 4.69) is 37.0 Å². The minimum atomic E-state index is 0.0627. The van der Waals surface area contributed by atoms with Crippen LogP contribution in [0.5, 0.6) is 5.75 Å². The van der Waals surface area contributed by atoms with Crippen molar-refractivity contribution in [1.82, 2.24) is 20.0 Å². The number of hydrogen-bond donors (Lipinski definition) is 0. The normalized spacial score (nSPS) is 21.4. The summed E-state index contributed by atoms with van der Waals surface area (Å²) in [7, 11) is 0. The van der Waals surface area contributed by atoms with E-state index in [4.69, 9.17) is 9.47 Å². The van der Waals surface area contributed by atoms with Crippen molar-refractivity contribution in [2.75, 3.05) is 81.9 Å². The van der Waals surface area contributed by atoms with E-state index in [-0.39, 0.29) is 5.91 Å². The van der Waals surface area contributed by atoms with E-state index in [1.807, 2.05) is 36.1 Å². The Morgan fingerprint density at radius 1 is 0.914 bits per heavy atom. The molecule has 9 heteroatoms. The lowest BCUT2D eigenvalue weighted by molar-refractivity contribution is 0.0712. The van der Waals surface area contributed by atoms with E-state index in [1.54, 1.807) is 0 Å². The highest BCUT2D eigenvalue weighted by molar-refractivity contribution is 5.94. The Balaban J connectivity index is 1.09. The van der Waals surface area contributed by atoms with Crippen LogP contribution in [0.25, 0.3) is 0 Å². The number of carbonyl (C=O) groups is 1. The van der Waals surface area contributed by atoms with E-state index >= 15 is 0 Å². The first-order valence-electron chi connectivity index (χ1n) is 12.9. The lowest BCUT2D eigenvalue weighted by atomic mass is 10.1. The summed E-state index contributed by atoms with van der Waals surface area (Å²) in [5, 5.41) is 9.05. The number of piperazine rings is 2. The standard InChI is InChI=1S/C26H36N6O3/c1-2-34-22-7-5-21(6-8-22)26(33)32-17-15-31(16-18-32)25-10-9-24(27-28-25)30-13-11-29(12-14-30)20-23-4-3-19-35-23/h5-10,23H,2-4,11-20H2,1H3. The molecule has 5 rings (SSSR count). The Bertz CT molecular complexity index is 948. The van der Waals surface area contributed by atoms with Gasteiger partial charge < -0.3 is 24.2 Å². The summed E-state index contributed by atoms with van der Waals surface area (Å²) >= 11 is 0. The highest BCUT2D eigenvalue weighted by Crippen LogP contribution is 2.20. The molecule has 2 aromatic rings. The van der Waals surface area contributed by atoms with Crippen LogP contribution in [0.4, 0.5) is 11.6 Å². The van der Waals surface area contributed by atoms with Crippen LogP contribution in [0.2, 0.25) is 0 Å². The van der Waals surface area contributed by atoms with Crippen molar-refractivity contribution in [3.05, 3.63) is 42.0 Å². The molecule has 0 saturated carbocycles. The molecular formula is C26H36N6O3. The lowest BCUT2D eigenvalue weighted by Crippen LogP contribution is -2.49. The quantitative estimate of drug-likeness (QED) is 0.597. The van der Waals surface area contributed by atoms with Gasteiger partial charge in [-0.25, -0.2) is 0 Å². The average Bonchev–Trinajstić information content (AvgIpc) is 3.43. The van der Waals surface area contributed by atoms with Gasteiger partial charge in [0.25, 0.3) is 5.91 Å². The molecule has 0 spiro atoms. The molecule has 0 aliphatic carbocycles. The maximum Gasteiger partial charge on any atom is 0.253 e. The summed E-state index contributed by atoms with van der Waals surface area (Å²) < 4.78 is 11.3. The minimum Gasteiger partial charge on any atom is -0.494 e. The molecule has 3 aliphatic heterocycles. The van der Waals surface area contributed by atoms with Gasteiger partial charge in [-0.05, 0) is 56.2 Å². The van der Waals surface area contributed by atoms with Crippen molar-refractivity contribution in [2.24, 2.45) is 0 Å². The smallest absolute Gasteiger partial charge is 0.253 e. The van der Waals surface area contributed by atoms with Gasteiger partial charge in [0.15, 0.2) is 11.6 Å². The van der Waals surface area contributed by atoms with Gasteiger partial charge in [-0.15, -0.1) is 10.2 Å². The molecule has 1 aromatic carbocycles. The maximum absolute atomic E-state index is 12.9. The van der Waals surface area contributed by atoms with E-state index in [1.165, 1.54) is 12.8 Å². The van der Waals surface area contributed by atoms with E-state index in [0.717, 1.165) is 69.8 Å². The van der Waals surface area contributed by atoms with Crippen LogP contribution in [0.15, 0.2) is 36.4 Å². The van der Waals surface area contributed by atoms with Gasteiger partial charge in [-0.1, -0.05) is 0 Å². The average molecular weight is 481 g/mol. The van der Waals surface area contributed by atoms with E-state index < -0.39 is 0 Å². The first-order valence-corrected chi connectivity index (χ1v) is 12.9. The summed E-state index contributed by atoms with van der Waals surface area (Å²) in [6.45, 7) is 11.4. The molecule has 1 unspecified atom stereocenters. The number of rotatable bonds is 7. The monoisotopic (exact) mass is 480 g/mol. The number of ether oxygens (including phenoxy) is 2. The SMILES string of the molecule is CCOc1ccc(C(=O)N2CCN(c3ccc(N4CCN(CC5CCCO5)CC4)nn3)CC2)cc1. The molecule has 35 heavy (non-hydrogen) atoms. The number of amides is 1. The third kappa shape index (κ3) is 5.85. The predicted molar refractivity (Wildman–Crippen MR) is 135 cm³/mol. The van der Waals surface area contributed by atoms with Crippen molar-refractivity contribution >= 4 is 17.5 Å². The van der Waals surface area contributed by atoms with Crippen molar-refractivity contribution in [2.45, 2.75) is 25.9 Å². The van der Waals surface area contributed by atoms with Crippen LogP contribution in [0.1, 0.15) is 30.1 Å². The van der Waals surface area contributed by atoms with Gasteiger partial charge >= 0.3 is 0 Å². The predicted octanol–water partition coefficient (Wildman–Crippen LogP) is 2.14. The zero-order valence-corrected chi connectivity index (χ0v) is 20.6. The molecule has 0 N–H and O–H groups in total. The Morgan fingerprint density at radius 3 is 2.09 bits per heavy atom. The van der Waals surface area contributed by atoms with Crippen molar-refractivity contribution in [1.29, 1.82) is 0 Å². The van der Waals surface area contributed by atoms with Crippen LogP contribution >= 0.6 is 0 Å². The molecule has 0 radical (unpaired) electrons. The number of anilines is 2. The number of aromatic nitrogens is 2. The van der Waals surface area contributed by atoms with Gasteiger partial charge in [0.05, 0.1) is 12.7 Å². The molecule has 9 nitrogen and oxygen atoms in total. The molecule has 3 saturated heterocycles. The van der Waals surface area contributed by atoms with Gasteiger partial charge in [0.2, 0.25) is 0 Å². The Kier molecular flexibility index (Phi) is 7.63. The van der Waals surface area contributed by atoms with Crippen molar-refractivity contribution < 1.29 is 14.3 Å². The molecular weight excluding hydrogens is 444 g/mol. The van der Waals surface area contributed by atoms with Crippen molar-refractivity contribution in [3.8, 4) is 5.75 Å². The third-order valence-corrected chi connectivity index (χ3v) is 7.12. The number of carbonyl (C=O) groups excluding carboxylic acids is 1. The molecule has 1 aromatic heterocycles. The molecule has 1 amide bonds. The second-order valence-electron chi connectivity index (χ2n) is 9.41. The summed E-state index contributed by atoms with van der Waals surface area (Å²) in [5.74, 6) is 2.66. The highest BCUT2D eigenvalue weighted by Gasteiger charge is 2.25. The first kappa shape index (κ1) is 23.8. The van der Waals surface area contributed by atoms with Crippen LogP contribution in [-0.4, -0.2) is 104 Å². The van der Waals surface area contributed by atoms with Gasteiger partial charge in [-0.3, -0.25) is 9.69 Å². The number of nitrogens with zero attached hydrogens (tertiary/aromatic N) is 6. The Morgan fingerprint density at radius 2 is 1.54 bits per heavy atom. The summed E-state index contributed by atoms with van der Waals surface area (Å²) in [4.78, 5) is 21.8. The zero-order chi connectivity index (χ0) is 24.0. The molecule has 3 fully saturated rings. The van der Waals surface area contributed by atoms with E-state index in [9.17, 15) is 4.79 Å². The molecule has 1 atom stereocenters. The fourth-order valence-corrected chi connectivity index (χ4v) is 5.07. The van der Waals surface area contributed by atoms with Crippen LogP contribution in [-0.2, 0) is 4.74 Å². The second kappa shape index (κ2) is 11.2. The number of benzene rings is 1. The highest BCUT2D eigenvalue weighted by atomic mass is 16.5. The molecule has 4 heterocycles. The molecule has 0 bridgehead atoms. The first-order chi connectivity index (χ1) is 17.2. The Hall–Kier alpha value is -2.91. The molecule has 188 valence electrons. The summed E-state index contributed by atoms with van der Waals surface area (Å²) in [5.41, 5.74) is 0.696. The third-order valence-electron chi connectivity index (χ3n) is 7.12. The largest absolute Gasteiger partial charge is 0.494 e. The lowest BCUT2D eigenvalue weighted by Gasteiger charge is -2.37. The van der Waals surface area contributed by atoms with Gasteiger partial charge in [0, 0.05) is 71.1 Å².